The van der Waals surface area contributed by atoms with Gasteiger partial charge >= 0.3 is 5.97 Å². The summed E-state index contributed by atoms with van der Waals surface area (Å²) in [4.78, 5) is 13.5. The Bertz CT molecular complexity index is 761. The van der Waals surface area contributed by atoms with Gasteiger partial charge in [-0.15, -0.1) is 0 Å². The molecule has 0 bridgehead atoms. The molecule has 128 valence electrons. The van der Waals surface area contributed by atoms with Gasteiger partial charge in [-0.3, -0.25) is 0 Å². The van der Waals surface area contributed by atoms with Crippen LogP contribution in [0.4, 0.5) is 10.2 Å². The van der Waals surface area contributed by atoms with Crippen molar-refractivity contribution in [3.63, 3.8) is 0 Å². The van der Waals surface area contributed by atoms with Crippen LogP contribution in [-0.2, 0) is 0 Å². The van der Waals surface area contributed by atoms with E-state index >= 15 is 0 Å². The summed E-state index contributed by atoms with van der Waals surface area (Å²) in [5, 5.41) is 22.7. The summed E-state index contributed by atoms with van der Waals surface area (Å²) < 4.78 is 23.7. The molecule has 24 heavy (non-hydrogen) atoms. The number of aliphatic hydroxyl groups is 1. The molecule has 7 nitrogen and oxygen atoms in total. The Balaban J connectivity index is 2.02. The number of hydrogen-bond donors (Lipinski definition) is 2. The van der Waals surface area contributed by atoms with Crippen LogP contribution in [0.25, 0.3) is 11.3 Å². The van der Waals surface area contributed by atoms with Gasteiger partial charge in [-0.1, -0.05) is 5.16 Å². The topological polar surface area (TPSA) is 96.0 Å². The third kappa shape index (κ3) is 2.80. The van der Waals surface area contributed by atoms with Crippen LogP contribution in [0.5, 0.6) is 5.75 Å². The van der Waals surface area contributed by atoms with Crippen molar-refractivity contribution >= 4 is 11.8 Å². The molecule has 2 heterocycles. The van der Waals surface area contributed by atoms with Crippen LogP contribution in [0.15, 0.2) is 22.7 Å². The summed E-state index contributed by atoms with van der Waals surface area (Å²) in [7, 11) is 1.32. The molecule has 0 saturated carbocycles. The summed E-state index contributed by atoms with van der Waals surface area (Å²) in [5.41, 5.74) is 0.282. The summed E-state index contributed by atoms with van der Waals surface area (Å²) in [6.07, 6.45) is 0.752. The number of aliphatic hydroxyl groups excluding tert-OH is 1. The maximum Gasteiger partial charge on any atom is 0.343 e. The van der Waals surface area contributed by atoms with E-state index in [4.69, 9.17) is 9.26 Å². The Morgan fingerprint density at radius 2 is 2.33 bits per heavy atom. The molecule has 3 rings (SSSR count). The second-order valence-electron chi connectivity index (χ2n) is 5.65. The molecule has 1 saturated heterocycles. The minimum atomic E-state index is -1.18. The quantitative estimate of drug-likeness (QED) is 0.862. The molecule has 0 radical (unpaired) electrons. The maximum atomic E-state index is 13.6. The Kier molecular flexibility index (Phi) is 4.39. The number of methoxy groups -OCH3 is 1. The lowest BCUT2D eigenvalue weighted by atomic mass is 10.1. The highest BCUT2D eigenvalue weighted by Gasteiger charge is 2.31. The molecular weight excluding hydrogens is 319 g/mol. The van der Waals surface area contributed by atoms with Gasteiger partial charge in [0.05, 0.1) is 7.11 Å². The molecule has 0 aliphatic carbocycles. The average Bonchev–Trinajstić information content (AvgIpc) is 3.21. The zero-order valence-electron chi connectivity index (χ0n) is 13.0. The van der Waals surface area contributed by atoms with Crippen molar-refractivity contribution in [1.29, 1.82) is 0 Å². The Morgan fingerprint density at radius 3 is 2.96 bits per heavy atom. The number of hydrogen-bond acceptors (Lipinski definition) is 6. The van der Waals surface area contributed by atoms with Crippen LogP contribution in [0.1, 0.15) is 16.8 Å². The first-order valence-electron chi connectivity index (χ1n) is 7.47. The summed E-state index contributed by atoms with van der Waals surface area (Å²) in [6.45, 7) is 1.14. The van der Waals surface area contributed by atoms with Crippen molar-refractivity contribution < 1.29 is 28.7 Å². The molecule has 0 amide bonds. The number of carboxylic acid groups (broad SMARTS) is 1. The second-order valence-corrected chi connectivity index (χ2v) is 5.65. The van der Waals surface area contributed by atoms with E-state index in [1.54, 1.807) is 4.90 Å². The lowest BCUT2D eigenvalue weighted by Crippen LogP contribution is -2.23. The van der Waals surface area contributed by atoms with Crippen LogP contribution < -0.4 is 9.64 Å². The maximum absolute atomic E-state index is 13.6. The number of halogens is 1. The largest absolute Gasteiger partial charge is 0.494 e. The lowest BCUT2D eigenvalue weighted by molar-refractivity contribution is 0.0698. The fourth-order valence-corrected chi connectivity index (χ4v) is 2.86. The van der Waals surface area contributed by atoms with Crippen molar-refractivity contribution in [2.75, 3.05) is 31.7 Å². The van der Waals surface area contributed by atoms with E-state index in [1.165, 1.54) is 25.3 Å². The molecule has 1 aromatic carbocycles. The minimum Gasteiger partial charge on any atom is -0.494 e. The SMILES string of the molecule is COc1cc(-c2onc(N3CCC(CO)C3)c2C(=O)O)ccc1F. The summed E-state index contributed by atoms with van der Waals surface area (Å²) in [6, 6.07) is 3.96. The Labute approximate surface area is 137 Å². The van der Waals surface area contributed by atoms with Gasteiger partial charge in [0.2, 0.25) is 0 Å². The van der Waals surface area contributed by atoms with Gasteiger partial charge in [0.25, 0.3) is 0 Å². The predicted octanol–water partition coefficient (Wildman–Crippen LogP) is 2.01. The first-order valence-corrected chi connectivity index (χ1v) is 7.47. The normalized spacial score (nSPS) is 17.3. The molecule has 1 aliphatic heterocycles. The van der Waals surface area contributed by atoms with Crippen molar-refractivity contribution in [3.05, 3.63) is 29.6 Å². The number of nitrogens with zero attached hydrogens (tertiary/aromatic N) is 2. The molecule has 0 spiro atoms. The molecule has 8 heteroatoms. The number of rotatable bonds is 5. The van der Waals surface area contributed by atoms with E-state index in [0.29, 0.717) is 18.7 Å². The molecule has 1 unspecified atom stereocenters. The zero-order valence-corrected chi connectivity index (χ0v) is 13.0. The number of ether oxygens (including phenoxy) is 1. The lowest BCUT2D eigenvalue weighted by Gasteiger charge is -2.15. The van der Waals surface area contributed by atoms with Crippen LogP contribution in [0, 0.1) is 11.7 Å². The molecule has 1 atom stereocenters. The number of carbonyl (C=O) groups is 1. The van der Waals surface area contributed by atoms with Crippen molar-refractivity contribution in [2.24, 2.45) is 5.92 Å². The third-order valence-electron chi connectivity index (χ3n) is 4.14. The molecule has 2 aromatic rings. The van der Waals surface area contributed by atoms with Gasteiger partial charge in [0, 0.05) is 31.2 Å². The Hall–Kier alpha value is -2.61. The Morgan fingerprint density at radius 1 is 1.54 bits per heavy atom. The molecule has 1 aliphatic rings. The fraction of sp³-hybridized carbons (Fsp3) is 0.375. The van der Waals surface area contributed by atoms with Crippen LogP contribution in [-0.4, -0.2) is 48.1 Å². The molecule has 2 N–H and O–H groups in total. The number of carboxylic acids is 1. The predicted molar refractivity (Wildman–Crippen MR) is 82.8 cm³/mol. The van der Waals surface area contributed by atoms with Crippen LogP contribution >= 0.6 is 0 Å². The van der Waals surface area contributed by atoms with E-state index in [0.717, 1.165) is 6.42 Å². The molecule has 1 aromatic heterocycles. The number of anilines is 1. The van der Waals surface area contributed by atoms with Gasteiger partial charge in [-0.25, -0.2) is 9.18 Å². The van der Waals surface area contributed by atoms with Crippen LogP contribution in [0.3, 0.4) is 0 Å². The number of benzene rings is 1. The van der Waals surface area contributed by atoms with Gasteiger partial charge in [-0.2, -0.15) is 0 Å². The highest BCUT2D eigenvalue weighted by atomic mass is 19.1. The number of aromatic carboxylic acids is 1. The van der Waals surface area contributed by atoms with Crippen LogP contribution in [0.2, 0.25) is 0 Å². The van der Waals surface area contributed by atoms with Gasteiger partial charge < -0.3 is 24.4 Å². The van der Waals surface area contributed by atoms with Gasteiger partial charge in [0.1, 0.15) is 0 Å². The minimum absolute atomic E-state index is 0.0108. The summed E-state index contributed by atoms with van der Waals surface area (Å²) >= 11 is 0. The van der Waals surface area contributed by atoms with E-state index in [2.05, 4.69) is 5.16 Å². The van der Waals surface area contributed by atoms with Crippen molar-refractivity contribution in [1.82, 2.24) is 5.16 Å². The van der Waals surface area contributed by atoms with Crippen molar-refractivity contribution in [3.8, 4) is 17.1 Å². The highest BCUT2D eigenvalue weighted by Crippen LogP contribution is 2.35. The first-order chi connectivity index (χ1) is 11.5. The van der Waals surface area contributed by atoms with E-state index in [1.807, 2.05) is 0 Å². The third-order valence-corrected chi connectivity index (χ3v) is 4.14. The standard InChI is InChI=1S/C16H17FN2O5/c1-23-12-6-10(2-3-11(12)17)14-13(16(21)22)15(18-24-14)19-5-4-9(7-19)8-20/h2-3,6,9,20H,4-5,7-8H2,1H3,(H,21,22). The van der Waals surface area contributed by atoms with E-state index in [-0.39, 0.29) is 35.4 Å². The van der Waals surface area contributed by atoms with E-state index < -0.39 is 11.8 Å². The average molecular weight is 336 g/mol. The zero-order chi connectivity index (χ0) is 17.3. The highest BCUT2D eigenvalue weighted by molar-refractivity contribution is 5.99. The monoisotopic (exact) mass is 336 g/mol. The molecule has 1 fully saturated rings. The van der Waals surface area contributed by atoms with E-state index in [9.17, 15) is 19.4 Å². The summed E-state index contributed by atoms with van der Waals surface area (Å²) in [5.74, 6) is -1.40. The van der Waals surface area contributed by atoms with Gasteiger partial charge in [-0.05, 0) is 24.6 Å². The number of aromatic nitrogens is 1. The second kappa shape index (κ2) is 6.48. The van der Waals surface area contributed by atoms with Crippen molar-refractivity contribution in [2.45, 2.75) is 6.42 Å². The van der Waals surface area contributed by atoms with Gasteiger partial charge in [0.15, 0.2) is 28.7 Å². The smallest absolute Gasteiger partial charge is 0.343 e. The first kappa shape index (κ1) is 16.3. The fourth-order valence-electron chi connectivity index (χ4n) is 2.86. The molecular formula is C16H17FN2O5.